The number of unbranched alkanes of at least 4 members (excludes halogenated alkanes) is 1. The number of aromatic nitrogens is 2. The van der Waals surface area contributed by atoms with E-state index in [4.69, 9.17) is 11.5 Å². The number of aromatic hydroxyl groups is 1. The number of imide groups is 1. The number of likely N-dealkylation sites (N-methyl/N-ethyl adjacent to an activating group) is 1. The van der Waals surface area contributed by atoms with E-state index in [9.17, 15) is 58.2 Å². The number of aliphatic hydroxyl groups is 1. The van der Waals surface area contributed by atoms with Gasteiger partial charge in [-0.05, 0) is 124 Å². The molecule has 0 unspecified atom stereocenters. The Hall–Kier alpha value is -9.79. The number of nitrogens with zero attached hydrogens (tertiary/aromatic N) is 3. The Morgan fingerprint density at radius 1 is 0.654 bits per heavy atom. The summed E-state index contributed by atoms with van der Waals surface area (Å²) in [5, 5.41) is 46.4. The van der Waals surface area contributed by atoms with Crippen LogP contribution in [0.5, 0.6) is 5.75 Å². The molecule has 576 valence electrons. The van der Waals surface area contributed by atoms with Gasteiger partial charge in [-0.3, -0.25) is 62.6 Å². The molecule has 4 aromatic carbocycles. The van der Waals surface area contributed by atoms with Gasteiger partial charge in [0.1, 0.15) is 54.1 Å². The van der Waals surface area contributed by atoms with Gasteiger partial charge in [0.05, 0.1) is 18.6 Å². The Kier molecular flexibility index (Phi) is 31.2. The number of phenolic OH excluding ortho intramolecular Hbond substituents is 1. The molecule has 0 saturated carbocycles. The lowest BCUT2D eigenvalue weighted by Gasteiger charge is -2.47. The van der Waals surface area contributed by atoms with E-state index in [0.29, 0.717) is 72.9 Å². The Morgan fingerprint density at radius 2 is 1.21 bits per heavy atom. The second kappa shape index (κ2) is 40.2. The van der Waals surface area contributed by atoms with Crippen molar-refractivity contribution < 1.29 is 63.0 Å². The van der Waals surface area contributed by atoms with Crippen LogP contribution in [0.25, 0.3) is 21.8 Å². The second-order valence-electron chi connectivity index (χ2n) is 27.4. The lowest BCUT2D eigenvalue weighted by atomic mass is 9.72. The van der Waals surface area contributed by atoms with Gasteiger partial charge in [-0.2, -0.15) is 25.3 Å². The molecule has 3 heterocycles. The van der Waals surface area contributed by atoms with Gasteiger partial charge in [0.2, 0.25) is 59.1 Å². The molecule has 2 aliphatic rings. The van der Waals surface area contributed by atoms with Gasteiger partial charge in [-0.25, -0.2) is 4.79 Å². The molecular weight excluding hydrogens is 1410 g/mol. The number of nitrogens with one attached hydrogen (secondary N) is 11. The van der Waals surface area contributed by atoms with Crippen molar-refractivity contribution in [3.8, 4) is 5.75 Å². The molecule has 12 amide bonds. The average Bonchev–Trinajstić information content (AvgIpc) is 1.67. The summed E-state index contributed by atoms with van der Waals surface area (Å²) in [5.41, 5.74) is 17.1. The number of phenols is 1. The number of aromatic amines is 2. The Balaban J connectivity index is 0.955. The standard InChI is InChI=1S/C76H102N16O13S2/c1-6-30-91-40-49(35-53-52-21-16-24-56-65(52)48(39-81-56)37-63(53)91)75(104)92(76(105)79-8-3)32-17-31-90(5)41-64(95)82-58(33-45-18-10-9-11-19-45)70(99)88-61(42-106)73(102)85-59(34-46-25-27-50(94)28-26-46)71(100)86-60(36-47-38-80-55-22-13-12-20-51(47)55)72(101)84-57(23-14-15-29-77)69(98)83-54(7-2)68(97)87-62(43-107)74(103)89-66(44(4)93)67(78)96/h6,9-13,16,18-22,24-28,38-39,44,49,53-54,57-63,66,80-81,93-94,106-107H,1,7-8,14-15,17,23,29-37,40-43,77H2,2-5H3,(H2,78,96)(H,79,105)(H,82,95)(H,83,98)(H,84,101)(H,85,102)(H,86,100)(H,87,97)(H,88,99)(H,89,103)/t44-,49+,53-,54+,57+,58-,59+,60-,61+,62+,63-,66+/m1/s1. The first-order valence-corrected chi connectivity index (χ1v) is 37.5. The van der Waals surface area contributed by atoms with Crippen molar-refractivity contribution in [1.82, 2.24) is 72.5 Å². The first-order chi connectivity index (χ1) is 51.4. The third-order valence-corrected chi connectivity index (χ3v) is 20.2. The number of hydrogen-bond donors (Lipinski definition) is 17. The summed E-state index contributed by atoms with van der Waals surface area (Å²) in [6.07, 6.45) is 6.26. The van der Waals surface area contributed by atoms with Crippen LogP contribution in [-0.4, -0.2) is 225 Å². The highest BCUT2D eigenvalue weighted by Gasteiger charge is 2.45. The van der Waals surface area contributed by atoms with Crippen LogP contribution in [-0.2, 0) is 73.6 Å². The van der Waals surface area contributed by atoms with Crippen molar-refractivity contribution in [3.63, 3.8) is 0 Å². The molecule has 17 N–H and O–H groups in total. The summed E-state index contributed by atoms with van der Waals surface area (Å²) in [7, 11) is 1.70. The number of primary amides is 1. The normalized spacial score (nSPS) is 17.2. The van der Waals surface area contributed by atoms with Gasteiger partial charge in [0.15, 0.2) is 0 Å². The molecule has 2 aromatic heterocycles. The van der Waals surface area contributed by atoms with Crippen LogP contribution in [0.4, 0.5) is 4.79 Å². The van der Waals surface area contributed by atoms with Crippen LogP contribution in [0.15, 0.2) is 122 Å². The number of carbonyl (C=O) groups is 11. The predicted octanol–water partition coefficient (Wildman–Crippen LogP) is 1.62. The van der Waals surface area contributed by atoms with Crippen LogP contribution in [0.1, 0.15) is 93.0 Å². The lowest BCUT2D eigenvalue weighted by Crippen LogP contribution is -2.61. The van der Waals surface area contributed by atoms with E-state index in [2.05, 4.69) is 113 Å². The smallest absolute Gasteiger partial charge is 0.324 e. The number of carbonyl (C=O) groups excluding carboxylic acids is 11. The van der Waals surface area contributed by atoms with Gasteiger partial charge >= 0.3 is 6.03 Å². The largest absolute Gasteiger partial charge is 0.508 e. The van der Waals surface area contributed by atoms with E-state index >= 15 is 4.79 Å². The summed E-state index contributed by atoms with van der Waals surface area (Å²) in [6, 6.07) is 16.7. The topological polar surface area (TPSA) is 430 Å². The fourth-order valence-electron chi connectivity index (χ4n) is 13.9. The fraction of sp³-hybridized carbons (Fsp3) is 0.461. The van der Waals surface area contributed by atoms with Gasteiger partial charge in [-0.15, -0.1) is 6.58 Å². The monoisotopic (exact) mass is 1510 g/mol. The number of nitrogens with two attached hydrogens (primary N) is 2. The van der Waals surface area contributed by atoms with Gasteiger partial charge in [-0.1, -0.05) is 85.8 Å². The zero-order valence-corrected chi connectivity index (χ0v) is 62.6. The fourth-order valence-corrected chi connectivity index (χ4v) is 14.4. The van der Waals surface area contributed by atoms with E-state index in [1.165, 1.54) is 52.6 Å². The van der Waals surface area contributed by atoms with Crippen molar-refractivity contribution >= 4 is 112 Å². The number of aliphatic hydroxyl groups excluding tert-OH is 1. The van der Waals surface area contributed by atoms with E-state index in [1.54, 1.807) is 68.4 Å². The number of thiol groups is 2. The maximum atomic E-state index is 15.1. The Labute approximate surface area is 633 Å². The third-order valence-electron chi connectivity index (χ3n) is 19.5. The van der Waals surface area contributed by atoms with Crippen molar-refractivity contribution in [2.75, 3.05) is 64.4 Å². The molecule has 0 radical (unpaired) electrons. The van der Waals surface area contributed by atoms with Crippen molar-refractivity contribution in [2.45, 2.75) is 151 Å². The number of hydrogen-bond acceptors (Lipinski definition) is 18. The van der Waals surface area contributed by atoms with E-state index < -0.39 is 120 Å². The van der Waals surface area contributed by atoms with Crippen LogP contribution >= 0.6 is 25.3 Å². The number of amides is 12. The molecule has 8 rings (SSSR count). The molecule has 1 aliphatic carbocycles. The average molecular weight is 1510 g/mol. The molecule has 0 spiro atoms. The number of urea groups is 1. The molecule has 1 saturated heterocycles. The summed E-state index contributed by atoms with van der Waals surface area (Å²) in [6.45, 7) is 10.3. The summed E-state index contributed by atoms with van der Waals surface area (Å²) >= 11 is 8.66. The number of likely N-dealkylation sites (tertiary alicyclic amines) is 1. The maximum absolute atomic E-state index is 15.1. The highest BCUT2D eigenvalue weighted by Crippen LogP contribution is 2.45. The SMILES string of the molecule is C=CCN1C[C@@H](C(=O)N(CCCN(C)CC(=O)N[C@H](Cc2ccccc2)C(=O)N[C@@H](CS)C(=O)N[C@@H](Cc2ccc(O)cc2)C(=O)N[C@H](Cc2c[nH]c3ccccc23)C(=O)N[C@@H](CCCCN)C(=O)N[C@@H](CC)C(=O)N[C@@H](CS)C(=O)N[C@H](C(N)=O)[C@@H](C)O)C(=O)NCC)C[C@@H]2c3cccc4[nH]cc(c34)C[C@H]21. The first-order valence-electron chi connectivity index (χ1n) is 36.3. The zero-order chi connectivity index (χ0) is 77.4. The maximum Gasteiger partial charge on any atom is 0.324 e. The summed E-state index contributed by atoms with van der Waals surface area (Å²) in [5.74, 6) is -8.83. The lowest BCUT2D eigenvalue weighted by molar-refractivity contribution is -0.136. The third kappa shape index (κ3) is 22.6. The first kappa shape index (κ1) is 82.9. The zero-order valence-electron chi connectivity index (χ0n) is 60.8. The van der Waals surface area contributed by atoms with Crippen molar-refractivity contribution in [1.29, 1.82) is 0 Å². The van der Waals surface area contributed by atoms with Gasteiger partial charge in [0, 0.05) is 110 Å². The van der Waals surface area contributed by atoms with Crippen LogP contribution in [0.2, 0.25) is 0 Å². The minimum Gasteiger partial charge on any atom is -0.508 e. The summed E-state index contributed by atoms with van der Waals surface area (Å²) < 4.78 is 0. The molecule has 31 heteroatoms. The molecule has 1 fully saturated rings. The van der Waals surface area contributed by atoms with E-state index in [-0.39, 0.29) is 93.4 Å². The highest BCUT2D eigenvalue weighted by molar-refractivity contribution is 7.80. The second-order valence-corrected chi connectivity index (χ2v) is 28.1. The molecule has 0 bridgehead atoms. The molecule has 6 aromatic rings. The molecule has 12 atom stereocenters. The van der Waals surface area contributed by atoms with Gasteiger partial charge < -0.3 is 79.5 Å². The highest BCUT2D eigenvalue weighted by atomic mass is 32.1. The number of H-pyrrole nitrogens is 2. The van der Waals surface area contributed by atoms with E-state index in [1.807, 2.05) is 30.3 Å². The minimum absolute atomic E-state index is 0.00269. The van der Waals surface area contributed by atoms with Crippen LogP contribution in [0.3, 0.4) is 0 Å². The molecule has 1 aliphatic heterocycles. The van der Waals surface area contributed by atoms with E-state index in [0.717, 1.165) is 11.9 Å². The molecule has 107 heavy (non-hydrogen) atoms. The van der Waals surface area contributed by atoms with Gasteiger partial charge in [0.25, 0.3) is 0 Å². The minimum atomic E-state index is -1.50. The Morgan fingerprint density at radius 3 is 1.84 bits per heavy atom. The number of benzene rings is 4. The van der Waals surface area contributed by atoms with Crippen LogP contribution in [0, 0.1) is 5.92 Å². The quantitative estimate of drug-likeness (QED) is 0.0148. The Bertz CT molecular complexity index is 4080. The number of rotatable bonds is 40. The van der Waals surface area contributed by atoms with Crippen molar-refractivity contribution in [2.24, 2.45) is 17.4 Å². The number of fused-ring (bicyclic) bond motifs is 3. The number of para-hydroxylation sites is 1. The molecule has 29 nitrogen and oxygen atoms in total. The predicted molar refractivity (Wildman–Crippen MR) is 412 cm³/mol. The number of piperidine rings is 1. The van der Waals surface area contributed by atoms with Crippen molar-refractivity contribution in [3.05, 3.63) is 150 Å². The van der Waals surface area contributed by atoms with Crippen LogP contribution < -0.4 is 59.3 Å². The molecular formula is C76H102N16O13S2. The summed E-state index contributed by atoms with van der Waals surface area (Å²) in [4.78, 5) is 167.